The molecule has 4 amide bonds. The van der Waals surface area contributed by atoms with E-state index in [1.54, 1.807) is 30.3 Å². The van der Waals surface area contributed by atoms with Crippen molar-refractivity contribution in [2.75, 3.05) is 45.0 Å². The number of sulfonamides is 1. The Morgan fingerprint density at radius 2 is 1.90 bits per heavy atom. The van der Waals surface area contributed by atoms with Crippen molar-refractivity contribution < 1.29 is 36.7 Å². The quantitative estimate of drug-likeness (QED) is 0.456. The molecule has 218 valence electrons. The van der Waals surface area contributed by atoms with E-state index in [9.17, 15) is 32.0 Å². The highest BCUT2D eigenvalue weighted by atomic mass is 32.2. The van der Waals surface area contributed by atoms with Gasteiger partial charge in [0, 0.05) is 50.4 Å². The third-order valence-corrected chi connectivity index (χ3v) is 8.96. The summed E-state index contributed by atoms with van der Waals surface area (Å²) in [6.45, 7) is -0.265. The van der Waals surface area contributed by atoms with Crippen molar-refractivity contribution in [1.82, 2.24) is 19.4 Å². The van der Waals surface area contributed by atoms with Crippen molar-refractivity contribution in [3.63, 3.8) is 0 Å². The molecule has 2 fully saturated rings. The number of ketones is 1. The van der Waals surface area contributed by atoms with Gasteiger partial charge in [-0.2, -0.15) is 0 Å². The Morgan fingerprint density at radius 1 is 1.17 bits per heavy atom. The first-order valence-electron chi connectivity index (χ1n) is 13.0. The first kappa shape index (κ1) is 28.6. The van der Waals surface area contributed by atoms with E-state index in [2.05, 4.69) is 10.6 Å². The van der Waals surface area contributed by atoms with Crippen LogP contribution in [0, 0.1) is 5.82 Å². The molecule has 12 nitrogen and oxygen atoms in total. The fraction of sp³-hybridized carbons (Fsp3) is 0.407. The van der Waals surface area contributed by atoms with Crippen LogP contribution in [0.4, 0.5) is 14.9 Å². The molecule has 41 heavy (non-hydrogen) atoms. The number of anilines is 1. The van der Waals surface area contributed by atoms with Gasteiger partial charge in [-0.25, -0.2) is 21.9 Å². The van der Waals surface area contributed by atoms with Gasteiger partial charge in [0.2, 0.25) is 21.5 Å². The number of carbonyl (C=O) groups excluding carboxylic acids is 4. The fourth-order valence-electron chi connectivity index (χ4n) is 5.56. The van der Waals surface area contributed by atoms with Gasteiger partial charge in [-0.15, -0.1) is 0 Å². The largest absolute Gasteiger partial charge is 0.341 e. The predicted molar refractivity (Wildman–Crippen MR) is 144 cm³/mol. The molecule has 2 aromatic carbocycles. The second-order valence-electron chi connectivity index (χ2n) is 10.3. The van der Waals surface area contributed by atoms with Crippen LogP contribution in [0.15, 0.2) is 42.5 Å². The van der Waals surface area contributed by atoms with E-state index in [0.29, 0.717) is 28.8 Å². The first-order valence-corrected chi connectivity index (χ1v) is 14.8. The van der Waals surface area contributed by atoms with Crippen LogP contribution in [0.1, 0.15) is 23.1 Å². The predicted octanol–water partition coefficient (Wildman–Crippen LogP) is 0.776. The Kier molecular flexibility index (Phi) is 7.57. The lowest BCUT2D eigenvalue weighted by Gasteiger charge is -2.31. The monoisotopic (exact) mass is 587 g/mol. The smallest absolute Gasteiger partial charge is 0.318 e. The lowest BCUT2D eigenvalue weighted by Crippen LogP contribution is -2.49. The highest BCUT2D eigenvalue weighted by Gasteiger charge is 2.59. The number of Topliss-reactive ketones (excluding diaryl/α,β-unsaturated/α-hetero) is 1. The Balaban J connectivity index is 1.36. The maximum atomic E-state index is 13.7. The van der Waals surface area contributed by atoms with Crippen molar-refractivity contribution in [1.29, 1.82) is 0 Å². The number of rotatable bonds is 7. The van der Waals surface area contributed by atoms with Gasteiger partial charge in [0.15, 0.2) is 5.78 Å². The van der Waals surface area contributed by atoms with Gasteiger partial charge in [0.05, 0.1) is 6.26 Å². The molecule has 1 aliphatic carbocycles. The second-order valence-corrected chi connectivity index (χ2v) is 12.3. The lowest BCUT2D eigenvalue weighted by atomic mass is 9.94. The summed E-state index contributed by atoms with van der Waals surface area (Å²) in [4.78, 5) is 54.9. The van der Waals surface area contributed by atoms with Crippen molar-refractivity contribution in [2.24, 2.45) is 0 Å². The van der Waals surface area contributed by atoms with Gasteiger partial charge < -0.3 is 25.2 Å². The summed E-state index contributed by atoms with van der Waals surface area (Å²) in [6.07, 6.45) is 1.42. The second kappa shape index (κ2) is 10.8. The van der Waals surface area contributed by atoms with Crippen LogP contribution in [0.5, 0.6) is 0 Å². The Labute approximate surface area is 236 Å². The summed E-state index contributed by atoms with van der Waals surface area (Å²) in [5.41, 5.74) is 0.118. The molecule has 0 unspecified atom stereocenters. The molecule has 2 aliphatic heterocycles. The van der Waals surface area contributed by atoms with Crippen molar-refractivity contribution in [2.45, 2.75) is 31.0 Å². The van der Waals surface area contributed by atoms with E-state index >= 15 is 0 Å². The molecule has 0 bridgehead atoms. The molecule has 2 aromatic rings. The number of halogens is 1. The molecule has 2 saturated heterocycles. The molecule has 0 aromatic heterocycles. The van der Waals surface area contributed by atoms with Crippen LogP contribution in [0.3, 0.4) is 0 Å². The number of hydrogen-bond acceptors (Lipinski definition) is 7. The molecular weight excluding hydrogens is 557 g/mol. The minimum Gasteiger partial charge on any atom is -0.341 e. The standard InChI is InChI=1S/C27H30FN5O7S/c1-29-26(37)30-20-7-8-22-18(11-20)12-23(34)27(22)25(36)31(16-40-27)15-24(35)33(13-17-3-5-19(28)6-4-17)21-9-10-32(14-21)41(2,38)39/h3-8,11,21H,9-10,12-16H2,1-2H3,(H2,29,30,37)/t21-,27-/m1/s1. The normalized spacial score (nSPS) is 22.3. The Bertz CT molecular complexity index is 1520. The van der Waals surface area contributed by atoms with Crippen molar-refractivity contribution in [3.8, 4) is 0 Å². The van der Waals surface area contributed by atoms with Gasteiger partial charge in [-0.3, -0.25) is 14.4 Å². The molecule has 2 N–H and O–H groups in total. The number of urea groups is 1. The third kappa shape index (κ3) is 5.42. The summed E-state index contributed by atoms with van der Waals surface area (Å²) in [5, 5.41) is 5.06. The number of nitrogens with one attached hydrogen (secondary N) is 2. The SMILES string of the molecule is CNC(=O)Nc1ccc2c(c1)CC(=O)[C@]21OCN(CC(=O)N(Cc2ccc(F)cc2)[C@@H]2CCN(S(C)(=O)=O)C2)C1=O. The van der Waals surface area contributed by atoms with E-state index in [1.807, 2.05) is 0 Å². The van der Waals surface area contributed by atoms with E-state index in [4.69, 9.17) is 4.74 Å². The van der Waals surface area contributed by atoms with Gasteiger partial charge >= 0.3 is 6.03 Å². The summed E-state index contributed by atoms with van der Waals surface area (Å²) in [5.74, 6) is -2.02. The topological polar surface area (TPSA) is 145 Å². The fourth-order valence-corrected chi connectivity index (χ4v) is 6.44. The van der Waals surface area contributed by atoms with E-state index < -0.39 is 57.7 Å². The van der Waals surface area contributed by atoms with Crippen LogP contribution in [-0.2, 0) is 47.7 Å². The van der Waals surface area contributed by atoms with Gasteiger partial charge in [0.1, 0.15) is 19.1 Å². The van der Waals surface area contributed by atoms with E-state index in [1.165, 1.54) is 33.3 Å². The van der Waals surface area contributed by atoms with Gasteiger partial charge in [-0.1, -0.05) is 18.2 Å². The molecule has 0 radical (unpaired) electrons. The van der Waals surface area contributed by atoms with E-state index in [-0.39, 0.29) is 32.8 Å². The molecule has 2 atom stereocenters. The zero-order chi connectivity index (χ0) is 29.5. The first-order chi connectivity index (χ1) is 19.4. The van der Waals surface area contributed by atoms with Crippen LogP contribution in [0.2, 0.25) is 0 Å². The molecule has 3 aliphatic rings. The maximum Gasteiger partial charge on any atom is 0.318 e. The summed E-state index contributed by atoms with van der Waals surface area (Å²) in [7, 11) is -2.00. The molecule has 14 heteroatoms. The minimum absolute atomic E-state index is 0.0772. The number of hydrogen-bond donors (Lipinski definition) is 2. The average molecular weight is 588 g/mol. The number of ether oxygens (including phenoxy) is 1. The third-order valence-electron chi connectivity index (χ3n) is 7.69. The number of fused-ring (bicyclic) bond motifs is 2. The molecule has 0 saturated carbocycles. The van der Waals surface area contributed by atoms with Crippen LogP contribution in [-0.4, -0.2) is 91.9 Å². The molecule has 2 heterocycles. The zero-order valence-corrected chi connectivity index (χ0v) is 23.4. The molecule has 5 rings (SSSR count). The van der Waals surface area contributed by atoms with Crippen molar-refractivity contribution in [3.05, 3.63) is 65.0 Å². The van der Waals surface area contributed by atoms with Gasteiger partial charge in [-0.05, 0) is 41.8 Å². The number of carbonyl (C=O) groups is 4. The van der Waals surface area contributed by atoms with Crippen LogP contribution < -0.4 is 10.6 Å². The Hall–Kier alpha value is -3.88. The van der Waals surface area contributed by atoms with Crippen LogP contribution in [0.25, 0.3) is 0 Å². The highest BCUT2D eigenvalue weighted by molar-refractivity contribution is 7.88. The van der Waals surface area contributed by atoms with Crippen LogP contribution >= 0.6 is 0 Å². The highest BCUT2D eigenvalue weighted by Crippen LogP contribution is 2.43. The van der Waals surface area contributed by atoms with E-state index in [0.717, 1.165) is 6.26 Å². The Morgan fingerprint density at radius 3 is 2.56 bits per heavy atom. The molecular formula is C27H30FN5O7S. The maximum absolute atomic E-state index is 13.7. The average Bonchev–Trinajstić information content (AvgIpc) is 3.61. The summed E-state index contributed by atoms with van der Waals surface area (Å²) in [6, 6.07) is 9.47. The van der Waals surface area contributed by atoms with Gasteiger partial charge in [0.25, 0.3) is 5.91 Å². The van der Waals surface area contributed by atoms with Crippen molar-refractivity contribution >= 4 is 39.3 Å². The number of benzene rings is 2. The molecule has 1 spiro atoms. The lowest BCUT2D eigenvalue weighted by molar-refractivity contribution is -0.149. The minimum atomic E-state index is -3.47. The zero-order valence-electron chi connectivity index (χ0n) is 22.6. The number of nitrogens with zero attached hydrogens (tertiary/aromatic N) is 3. The summed E-state index contributed by atoms with van der Waals surface area (Å²) >= 11 is 0. The summed E-state index contributed by atoms with van der Waals surface area (Å²) < 4.78 is 44.8. The number of amides is 4.